The molecule has 0 spiro atoms. The van der Waals surface area contributed by atoms with Crippen LogP contribution in [0.4, 0.5) is 5.82 Å². The molecule has 0 radical (unpaired) electrons. The summed E-state index contributed by atoms with van der Waals surface area (Å²) in [4.78, 5) is 10.9. The molecule has 7 nitrogen and oxygen atoms in total. The highest BCUT2D eigenvalue weighted by atomic mass is 16.5. The maximum atomic E-state index is 5.15. The Kier molecular flexibility index (Phi) is 4.34. The molecular weight excluding hydrogens is 304 g/mol. The number of hydrogen-bond acceptors (Lipinski definition) is 6. The summed E-state index contributed by atoms with van der Waals surface area (Å²) in [6.45, 7) is 4.32. The number of anilines is 1. The van der Waals surface area contributed by atoms with Gasteiger partial charge in [0.2, 0.25) is 5.88 Å². The zero-order valence-corrected chi connectivity index (χ0v) is 14.1. The van der Waals surface area contributed by atoms with Gasteiger partial charge in [-0.15, -0.1) is 0 Å². The van der Waals surface area contributed by atoms with Crippen molar-refractivity contribution in [3.05, 3.63) is 29.8 Å². The van der Waals surface area contributed by atoms with Crippen LogP contribution in [0, 0.1) is 0 Å². The highest BCUT2D eigenvalue weighted by Gasteiger charge is 2.22. The van der Waals surface area contributed by atoms with Crippen molar-refractivity contribution in [3.63, 3.8) is 0 Å². The Hall–Kier alpha value is -2.15. The Bertz CT molecular complexity index is 692. The number of hydrogen-bond donors (Lipinski definition) is 1. The van der Waals surface area contributed by atoms with Gasteiger partial charge < -0.3 is 10.1 Å². The van der Waals surface area contributed by atoms with Crippen molar-refractivity contribution in [1.82, 2.24) is 24.6 Å². The van der Waals surface area contributed by atoms with Crippen molar-refractivity contribution < 1.29 is 4.74 Å². The Balaban J connectivity index is 1.30. The summed E-state index contributed by atoms with van der Waals surface area (Å²) in [6, 6.07) is 2.31. The van der Waals surface area contributed by atoms with Crippen molar-refractivity contribution in [2.75, 3.05) is 25.5 Å². The minimum atomic E-state index is 0.457. The first-order valence-corrected chi connectivity index (χ1v) is 8.70. The molecule has 0 atom stereocenters. The van der Waals surface area contributed by atoms with Crippen LogP contribution >= 0.6 is 0 Å². The van der Waals surface area contributed by atoms with E-state index in [-0.39, 0.29) is 0 Å². The van der Waals surface area contributed by atoms with E-state index in [0.717, 1.165) is 44.8 Å². The van der Waals surface area contributed by atoms with Crippen molar-refractivity contribution in [2.45, 2.75) is 44.8 Å². The largest absolute Gasteiger partial charge is 0.481 e. The summed E-state index contributed by atoms with van der Waals surface area (Å²) in [5, 5.41) is 8.00. The van der Waals surface area contributed by atoms with Gasteiger partial charge in [0, 0.05) is 49.5 Å². The third-order valence-electron chi connectivity index (χ3n) is 5.00. The van der Waals surface area contributed by atoms with Gasteiger partial charge in [-0.3, -0.25) is 9.58 Å². The molecule has 0 amide bonds. The maximum Gasteiger partial charge on any atom is 0.218 e. The molecule has 2 aromatic rings. The van der Waals surface area contributed by atoms with E-state index in [4.69, 9.17) is 4.74 Å². The van der Waals surface area contributed by atoms with E-state index in [2.05, 4.69) is 36.2 Å². The summed E-state index contributed by atoms with van der Waals surface area (Å²) in [7, 11) is 1.62. The summed E-state index contributed by atoms with van der Waals surface area (Å²) < 4.78 is 7.32. The van der Waals surface area contributed by atoms with Crippen LogP contribution in [0.15, 0.2) is 18.6 Å². The van der Waals surface area contributed by atoms with E-state index in [1.165, 1.54) is 30.4 Å². The molecule has 1 saturated heterocycles. The number of rotatable bonds is 5. The van der Waals surface area contributed by atoms with Gasteiger partial charge in [0.15, 0.2) is 0 Å². The average molecular weight is 328 g/mol. The molecule has 4 rings (SSSR count). The molecule has 128 valence electrons. The quantitative estimate of drug-likeness (QED) is 0.901. The van der Waals surface area contributed by atoms with Gasteiger partial charge >= 0.3 is 0 Å². The van der Waals surface area contributed by atoms with E-state index in [0.29, 0.717) is 11.9 Å². The standard InChI is InChI=1S/C17H24N6O/c1-24-17-9-16(18-12-19-17)21-14-4-7-22(8-5-14)11-13-10-20-23-6-2-3-15(13)23/h9-10,12,14H,2-8,11H2,1H3,(H,18,19,21). The number of nitrogens with zero attached hydrogens (tertiary/aromatic N) is 5. The van der Waals surface area contributed by atoms with E-state index in [1.807, 2.05) is 6.07 Å². The number of nitrogens with one attached hydrogen (secondary N) is 1. The molecule has 0 saturated carbocycles. The van der Waals surface area contributed by atoms with Gasteiger partial charge in [0.05, 0.1) is 13.3 Å². The number of methoxy groups -OCH3 is 1. The molecular formula is C17H24N6O. The highest BCUT2D eigenvalue weighted by molar-refractivity contribution is 5.38. The number of aromatic nitrogens is 4. The number of fused-ring (bicyclic) bond motifs is 1. The molecule has 2 aliphatic heterocycles. The number of piperidine rings is 1. The average Bonchev–Trinajstić information content (AvgIpc) is 3.22. The van der Waals surface area contributed by atoms with Gasteiger partial charge in [-0.25, -0.2) is 9.97 Å². The molecule has 24 heavy (non-hydrogen) atoms. The smallest absolute Gasteiger partial charge is 0.218 e. The van der Waals surface area contributed by atoms with Crippen LogP contribution in [0.5, 0.6) is 5.88 Å². The Morgan fingerprint density at radius 1 is 1.25 bits per heavy atom. The molecule has 2 aliphatic rings. The zero-order chi connectivity index (χ0) is 16.4. The predicted octanol–water partition coefficient (Wildman–Crippen LogP) is 1.70. The van der Waals surface area contributed by atoms with E-state index in [9.17, 15) is 0 Å². The van der Waals surface area contributed by atoms with Crippen molar-refractivity contribution in [1.29, 1.82) is 0 Å². The van der Waals surface area contributed by atoms with Crippen LogP contribution in [-0.4, -0.2) is 50.9 Å². The van der Waals surface area contributed by atoms with Gasteiger partial charge in [-0.05, 0) is 25.7 Å². The Morgan fingerprint density at radius 3 is 2.96 bits per heavy atom. The molecule has 2 aromatic heterocycles. The van der Waals surface area contributed by atoms with Gasteiger partial charge in [0.1, 0.15) is 12.1 Å². The molecule has 7 heteroatoms. The van der Waals surface area contributed by atoms with Crippen LogP contribution in [-0.2, 0) is 19.5 Å². The number of likely N-dealkylation sites (tertiary alicyclic amines) is 1. The lowest BCUT2D eigenvalue weighted by Gasteiger charge is -2.32. The van der Waals surface area contributed by atoms with Crippen molar-refractivity contribution in [3.8, 4) is 5.88 Å². The van der Waals surface area contributed by atoms with Crippen LogP contribution in [0.25, 0.3) is 0 Å². The van der Waals surface area contributed by atoms with Gasteiger partial charge in [0.25, 0.3) is 0 Å². The highest BCUT2D eigenvalue weighted by Crippen LogP contribution is 2.22. The number of aryl methyl sites for hydroxylation is 1. The molecule has 0 unspecified atom stereocenters. The topological polar surface area (TPSA) is 68.1 Å². The van der Waals surface area contributed by atoms with Gasteiger partial charge in [-0.2, -0.15) is 5.10 Å². The summed E-state index contributed by atoms with van der Waals surface area (Å²) >= 11 is 0. The first-order chi connectivity index (χ1) is 11.8. The van der Waals surface area contributed by atoms with Crippen molar-refractivity contribution >= 4 is 5.82 Å². The predicted molar refractivity (Wildman–Crippen MR) is 91.1 cm³/mol. The molecule has 0 aromatic carbocycles. The third kappa shape index (κ3) is 3.21. The van der Waals surface area contributed by atoms with Crippen molar-refractivity contribution in [2.24, 2.45) is 0 Å². The molecule has 0 bridgehead atoms. The second-order valence-electron chi connectivity index (χ2n) is 6.58. The van der Waals surface area contributed by atoms with E-state index in [1.54, 1.807) is 7.11 Å². The third-order valence-corrected chi connectivity index (χ3v) is 5.00. The molecule has 1 fully saturated rings. The number of ether oxygens (including phenoxy) is 1. The molecule has 4 heterocycles. The minimum Gasteiger partial charge on any atom is -0.481 e. The van der Waals surface area contributed by atoms with Crippen LogP contribution in [0.1, 0.15) is 30.5 Å². The van der Waals surface area contributed by atoms with E-state index >= 15 is 0 Å². The summed E-state index contributed by atoms with van der Waals surface area (Å²) in [5.41, 5.74) is 2.86. The van der Waals surface area contributed by atoms with Crippen LogP contribution in [0.3, 0.4) is 0 Å². The Morgan fingerprint density at radius 2 is 2.12 bits per heavy atom. The summed E-state index contributed by atoms with van der Waals surface area (Å²) in [6.07, 6.45) is 8.27. The lowest BCUT2D eigenvalue weighted by Crippen LogP contribution is -2.38. The van der Waals surface area contributed by atoms with E-state index < -0.39 is 0 Å². The fourth-order valence-electron chi connectivity index (χ4n) is 3.68. The monoisotopic (exact) mass is 328 g/mol. The Labute approximate surface area is 142 Å². The van der Waals surface area contributed by atoms with Crippen LogP contribution < -0.4 is 10.1 Å². The normalized spacial score (nSPS) is 18.5. The lowest BCUT2D eigenvalue weighted by atomic mass is 10.0. The first kappa shape index (κ1) is 15.4. The SMILES string of the molecule is COc1cc(NC2CCN(Cc3cnn4c3CCC4)CC2)ncn1. The second-order valence-corrected chi connectivity index (χ2v) is 6.58. The minimum absolute atomic E-state index is 0.457. The first-order valence-electron chi connectivity index (χ1n) is 8.70. The van der Waals surface area contributed by atoms with Crippen LogP contribution in [0.2, 0.25) is 0 Å². The maximum absolute atomic E-state index is 5.15. The fraction of sp³-hybridized carbons (Fsp3) is 0.588. The molecule has 1 N–H and O–H groups in total. The molecule has 0 aliphatic carbocycles. The second kappa shape index (κ2) is 6.76. The van der Waals surface area contributed by atoms with Gasteiger partial charge in [-0.1, -0.05) is 0 Å². The fourth-order valence-corrected chi connectivity index (χ4v) is 3.68. The summed E-state index contributed by atoms with van der Waals surface area (Å²) in [5.74, 6) is 1.44. The zero-order valence-electron chi connectivity index (χ0n) is 14.1. The lowest BCUT2D eigenvalue weighted by molar-refractivity contribution is 0.210.